The van der Waals surface area contributed by atoms with Gasteiger partial charge < -0.3 is 10.0 Å². The summed E-state index contributed by atoms with van der Waals surface area (Å²) in [5, 5.41) is 9.49. The number of nitrogens with zero attached hydrogens (tertiary/aromatic N) is 2. The third-order valence-electron chi connectivity index (χ3n) is 4.11. The number of hydrogen-bond donors (Lipinski definition) is 1. The van der Waals surface area contributed by atoms with Crippen molar-refractivity contribution in [1.82, 2.24) is 4.98 Å². The van der Waals surface area contributed by atoms with Crippen LogP contribution in [0, 0.1) is 5.92 Å². The van der Waals surface area contributed by atoms with Gasteiger partial charge >= 0.3 is 0 Å². The molecule has 0 bridgehead atoms. The Morgan fingerprint density at radius 2 is 2.21 bits per heavy atom. The molecule has 106 valence electrons. The highest BCUT2D eigenvalue weighted by Crippen LogP contribution is 2.25. The van der Waals surface area contributed by atoms with Gasteiger partial charge in [0.2, 0.25) is 0 Å². The van der Waals surface area contributed by atoms with Crippen molar-refractivity contribution >= 4 is 5.69 Å². The molecule has 1 aliphatic rings. The molecule has 1 saturated heterocycles. The molecule has 0 aromatic carbocycles. The molecule has 0 radical (unpaired) electrons. The molecular formula is C16H26N2O. The van der Waals surface area contributed by atoms with Gasteiger partial charge in [-0.2, -0.15) is 0 Å². The van der Waals surface area contributed by atoms with Gasteiger partial charge in [-0.25, -0.2) is 0 Å². The lowest BCUT2D eigenvalue weighted by Crippen LogP contribution is -2.24. The Hall–Kier alpha value is -1.09. The zero-order valence-corrected chi connectivity index (χ0v) is 12.2. The number of pyridine rings is 1. The molecule has 1 aliphatic heterocycles. The van der Waals surface area contributed by atoms with E-state index in [9.17, 15) is 5.11 Å². The molecular weight excluding hydrogens is 236 g/mol. The second-order valence-electron chi connectivity index (χ2n) is 5.69. The minimum Gasteiger partial charge on any atom is -0.387 e. The summed E-state index contributed by atoms with van der Waals surface area (Å²) in [7, 11) is 0. The topological polar surface area (TPSA) is 36.4 Å². The maximum atomic E-state index is 9.49. The number of rotatable bonds is 4. The van der Waals surface area contributed by atoms with Crippen LogP contribution in [0.25, 0.3) is 0 Å². The van der Waals surface area contributed by atoms with Crippen LogP contribution in [-0.4, -0.2) is 23.2 Å². The van der Waals surface area contributed by atoms with Crippen molar-refractivity contribution in [2.45, 2.75) is 52.1 Å². The fourth-order valence-corrected chi connectivity index (χ4v) is 2.95. The van der Waals surface area contributed by atoms with Gasteiger partial charge in [0.15, 0.2) is 0 Å². The van der Waals surface area contributed by atoms with Crippen LogP contribution in [0.5, 0.6) is 0 Å². The van der Waals surface area contributed by atoms with Crippen LogP contribution < -0.4 is 4.90 Å². The summed E-state index contributed by atoms with van der Waals surface area (Å²) in [5.74, 6) is 0.902. The zero-order chi connectivity index (χ0) is 13.7. The predicted molar refractivity (Wildman–Crippen MR) is 79.3 cm³/mol. The molecule has 2 unspecified atom stereocenters. The summed E-state index contributed by atoms with van der Waals surface area (Å²) in [6.45, 7) is 6.31. The molecule has 3 nitrogen and oxygen atoms in total. The highest BCUT2D eigenvalue weighted by molar-refractivity contribution is 5.44. The van der Waals surface area contributed by atoms with E-state index in [1.165, 1.54) is 37.8 Å². The maximum Gasteiger partial charge on any atom is 0.0931 e. The van der Waals surface area contributed by atoms with E-state index in [0.717, 1.165) is 24.7 Å². The molecule has 1 aromatic heterocycles. The van der Waals surface area contributed by atoms with Crippen molar-refractivity contribution in [2.75, 3.05) is 18.0 Å². The Kier molecular flexibility index (Phi) is 5.20. The third kappa shape index (κ3) is 3.93. The van der Waals surface area contributed by atoms with Gasteiger partial charge in [0.25, 0.3) is 0 Å². The summed E-state index contributed by atoms with van der Waals surface area (Å²) in [6.07, 6.45) is 8.04. The Labute approximate surface area is 116 Å². The Morgan fingerprint density at radius 3 is 2.84 bits per heavy atom. The van der Waals surface area contributed by atoms with Crippen molar-refractivity contribution < 1.29 is 5.11 Å². The van der Waals surface area contributed by atoms with Crippen LogP contribution in [0.4, 0.5) is 5.69 Å². The largest absolute Gasteiger partial charge is 0.387 e. The minimum absolute atomic E-state index is 0.480. The van der Waals surface area contributed by atoms with Crippen LogP contribution in [-0.2, 0) is 0 Å². The minimum atomic E-state index is -0.480. The zero-order valence-electron chi connectivity index (χ0n) is 12.2. The SMILES string of the molecule is CCCC1CCCN(c2ccc(C(C)O)nc2)CC1. The van der Waals surface area contributed by atoms with E-state index in [1.54, 1.807) is 6.92 Å². The molecule has 0 spiro atoms. The average molecular weight is 262 g/mol. The van der Waals surface area contributed by atoms with E-state index in [1.807, 2.05) is 12.3 Å². The Morgan fingerprint density at radius 1 is 1.37 bits per heavy atom. The fraction of sp³-hybridized carbons (Fsp3) is 0.688. The van der Waals surface area contributed by atoms with Crippen LogP contribution in [0.3, 0.4) is 0 Å². The summed E-state index contributed by atoms with van der Waals surface area (Å²) >= 11 is 0. The van der Waals surface area contributed by atoms with Gasteiger partial charge in [0.1, 0.15) is 0 Å². The van der Waals surface area contributed by atoms with Crippen molar-refractivity contribution in [3.05, 3.63) is 24.0 Å². The summed E-state index contributed by atoms with van der Waals surface area (Å²) < 4.78 is 0. The van der Waals surface area contributed by atoms with Crippen LogP contribution in [0.1, 0.15) is 57.7 Å². The normalized spacial score (nSPS) is 22.1. The first-order chi connectivity index (χ1) is 9.20. The molecule has 2 atom stereocenters. The predicted octanol–water partition coefficient (Wildman–Crippen LogP) is 3.54. The molecule has 0 saturated carbocycles. The molecule has 3 heteroatoms. The van der Waals surface area contributed by atoms with Crippen molar-refractivity contribution in [3.63, 3.8) is 0 Å². The average Bonchev–Trinajstić information content (AvgIpc) is 2.65. The standard InChI is InChI=1S/C16H26N2O/c1-3-5-14-6-4-10-18(11-9-14)15-7-8-16(13(2)19)17-12-15/h7-8,12-14,19H,3-6,9-11H2,1-2H3. The van der Waals surface area contributed by atoms with Crippen molar-refractivity contribution in [1.29, 1.82) is 0 Å². The highest BCUT2D eigenvalue weighted by Gasteiger charge is 2.17. The van der Waals surface area contributed by atoms with E-state index in [-0.39, 0.29) is 0 Å². The van der Waals surface area contributed by atoms with Gasteiger partial charge in [0, 0.05) is 13.1 Å². The van der Waals surface area contributed by atoms with Crippen molar-refractivity contribution in [3.8, 4) is 0 Å². The number of aromatic nitrogens is 1. The molecule has 2 rings (SSSR count). The van der Waals surface area contributed by atoms with Crippen LogP contribution >= 0.6 is 0 Å². The smallest absolute Gasteiger partial charge is 0.0931 e. The van der Waals surface area contributed by atoms with Gasteiger partial charge in [-0.15, -0.1) is 0 Å². The number of aliphatic hydroxyl groups excluding tert-OH is 1. The fourth-order valence-electron chi connectivity index (χ4n) is 2.95. The summed E-state index contributed by atoms with van der Waals surface area (Å²) in [5.41, 5.74) is 1.95. The first-order valence-corrected chi connectivity index (χ1v) is 7.59. The summed E-state index contributed by atoms with van der Waals surface area (Å²) in [6, 6.07) is 4.03. The molecule has 0 amide bonds. The Bertz CT molecular complexity index is 375. The van der Waals surface area contributed by atoms with E-state index in [2.05, 4.69) is 22.9 Å². The number of anilines is 1. The quantitative estimate of drug-likeness (QED) is 0.901. The van der Waals surface area contributed by atoms with Gasteiger partial charge in [-0.1, -0.05) is 19.8 Å². The second kappa shape index (κ2) is 6.90. The van der Waals surface area contributed by atoms with Crippen molar-refractivity contribution in [2.24, 2.45) is 5.92 Å². The monoisotopic (exact) mass is 262 g/mol. The molecule has 1 fully saturated rings. The van der Waals surface area contributed by atoms with Crippen LogP contribution in [0.15, 0.2) is 18.3 Å². The van der Waals surface area contributed by atoms with E-state index in [0.29, 0.717) is 0 Å². The summed E-state index contributed by atoms with van der Waals surface area (Å²) in [4.78, 5) is 6.79. The molecule has 0 aliphatic carbocycles. The third-order valence-corrected chi connectivity index (χ3v) is 4.11. The molecule has 2 heterocycles. The highest BCUT2D eigenvalue weighted by atomic mass is 16.3. The van der Waals surface area contributed by atoms with E-state index < -0.39 is 6.10 Å². The molecule has 1 aromatic rings. The Balaban J connectivity index is 1.97. The lowest BCUT2D eigenvalue weighted by Gasteiger charge is -2.23. The second-order valence-corrected chi connectivity index (χ2v) is 5.69. The number of hydrogen-bond acceptors (Lipinski definition) is 3. The lowest BCUT2D eigenvalue weighted by atomic mass is 9.96. The van der Waals surface area contributed by atoms with Gasteiger partial charge in [-0.05, 0) is 44.2 Å². The maximum absolute atomic E-state index is 9.49. The van der Waals surface area contributed by atoms with Gasteiger partial charge in [-0.3, -0.25) is 4.98 Å². The van der Waals surface area contributed by atoms with Gasteiger partial charge in [0.05, 0.1) is 23.7 Å². The first-order valence-electron chi connectivity index (χ1n) is 7.59. The lowest BCUT2D eigenvalue weighted by molar-refractivity contribution is 0.194. The van der Waals surface area contributed by atoms with E-state index in [4.69, 9.17) is 0 Å². The molecule has 19 heavy (non-hydrogen) atoms. The number of aliphatic hydroxyl groups is 1. The first kappa shape index (κ1) is 14.3. The van der Waals surface area contributed by atoms with E-state index >= 15 is 0 Å². The molecule has 1 N–H and O–H groups in total. The van der Waals surface area contributed by atoms with Crippen LogP contribution in [0.2, 0.25) is 0 Å².